The Morgan fingerprint density at radius 2 is 1.87 bits per heavy atom. The van der Waals surface area contributed by atoms with E-state index in [1.54, 1.807) is 41.6 Å². The summed E-state index contributed by atoms with van der Waals surface area (Å²) in [7, 11) is 0. The van der Waals surface area contributed by atoms with E-state index in [0.717, 1.165) is 16.9 Å². The van der Waals surface area contributed by atoms with Crippen LogP contribution in [0.5, 0.6) is 0 Å². The summed E-state index contributed by atoms with van der Waals surface area (Å²) in [6, 6.07) is 11.2. The third kappa shape index (κ3) is 5.66. The molecule has 2 heterocycles. The number of carbonyl (C=O) groups excluding carboxylic acids is 2. The van der Waals surface area contributed by atoms with Crippen LogP contribution in [0.3, 0.4) is 0 Å². The van der Waals surface area contributed by atoms with Gasteiger partial charge in [-0.15, -0.1) is 13.2 Å². The van der Waals surface area contributed by atoms with Gasteiger partial charge in [-0.3, -0.25) is 14.6 Å². The fraction of sp³-hybridized carbons (Fsp3) is 0.250. The molecule has 3 aromatic rings. The van der Waals surface area contributed by atoms with Crippen LogP contribution in [0.15, 0.2) is 74.1 Å². The van der Waals surface area contributed by atoms with Crippen molar-refractivity contribution >= 4 is 22.8 Å². The molecule has 0 unspecified atom stereocenters. The molecule has 3 rings (SSSR count). The Morgan fingerprint density at radius 1 is 1.10 bits per heavy atom. The number of rotatable bonds is 11. The zero-order valence-electron chi connectivity index (χ0n) is 17.5. The van der Waals surface area contributed by atoms with Crippen LogP contribution in [0.2, 0.25) is 0 Å². The maximum absolute atomic E-state index is 12.9. The molecule has 1 aromatic carbocycles. The SMILES string of the molecule is C=CCN(CC=C)C(=O)Cn1c(CCCNC(=O)c2cccnc2)nc2ccccc21. The number of aryl methyl sites for hydroxylation is 1. The number of amides is 2. The van der Waals surface area contributed by atoms with Gasteiger partial charge in [0.2, 0.25) is 5.91 Å². The standard InChI is InChI=1S/C24H27N5O2/c1-3-15-28(16-4-2)23(30)18-29-21-11-6-5-10-20(21)27-22(29)12-8-14-26-24(31)19-9-7-13-25-17-19/h3-7,9-11,13,17H,1-2,8,12,14-16,18H2,(H,26,31). The van der Waals surface area contributed by atoms with Crippen LogP contribution in [0.4, 0.5) is 0 Å². The quantitative estimate of drug-likeness (QED) is 0.384. The maximum atomic E-state index is 12.9. The normalized spacial score (nSPS) is 10.6. The van der Waals surface area contributed by atoms with Crippen LogP contribution in [0.25, 0.3) is 11.0 Å². The molecule has 0 spiro atoms. The van der Waals surface area contributed by atoms with Crippen molar-refractivity contribution < 1.29 is 9.59 Å². The number of aromatic nitrogens is 3. The zero-order chi connectivity index (χ0) is 22.1. The van der Waals surface area contributed by atoms with E-state index in [2.05, 4.69) is 23.5 Å². The highest BCUT2D eigenvalue weighted by molar-refractivity contribution is 5.93. The average Bonchev–Trinajstić information content (AvgIpc) is 3.14. The molecule has 0 bridgehead atoms. The first-order chi connectivity index (χ1) is 15.1. The van der Waals surface area contributed by atoms with Crippen LogP contribution < -0.4 is 5.32 Å². The lowest BCUT2D eigenvalue weighted by Gasteiger charge is -2.20. The molecule has 1 N–H and O–H groups in total. The number of nitrogens with one attached hydrogen (secondary N) is 1. The minimum absolute atomic E-state index is 0.0194. The van der Waals surface area contributed by atoms with Crippen LogP contribution in [0, 0.1) is 0 Å². The van der Waals surface area contributed by atoms with Gasteiger partial charge in [-0.05, 0) is 30.7 Å². The molecule has 7 nitrogen and oxygen atoms in total. The zero-order valence-corrected chi connectivity index (χ0v) is 17.5. The van der Waals surface area contributed by atoms with E-state index >= 15 is 0 Å². The van der Waals surface area contributed by atoms with E-state index in [1.165, 1.54) is 0 Å². The summed E-state index contributed by atoms with van der Waals surface area (Å²) >= 11 is 0. The molecule has 0 fully saturated rings. The number of pyridine rings is 1. The minimum Gasteiger partial charge on any atom is -0.352 e. The van der Waals surface area contributed by atoms with Crippen molar-refractivity contribution in [1.82, 2.24) is 24.8 Å². The van der Waals surface area contributed by atoms with Crippen LogP contribution in [-0.4, -0.2) is 50.9 Å². The van der Waals surface area contributed by atoms with Gasteiger partial charge in [-0.25, -0.2) is 4.98 Å². The van der Waals surface area contributed by atoms with Crippen LogP contribution in [0.1, 0.15) is 22.6 Å². The van der Waals surface area contributed by atoms with Gasteiger partial charge in [-0.2, -0.15) is 0 Å². The van der Waals surface area contributed by atoms with Gasteiger partial charge in [0, 0.05) is 38.4 Å². The maximum Gasteiger partial charge on any atom is 0.252 e. The smallest absolute Gasteiger partial charge is 0.252 e. The molecule has 160 valence electrons. The Morgan fingerprint density at radius 3 is 2.58 bits per heavy atom. The van der Waals surface area contributed by atoms with Crippen molar-refractivity contribution in [2.45, 2.75) is 19.4 Å². The highest BCUT2D eigenvalue weighted by Gasteiger charge is 2.17. The third-order valence-electron chi connectivity index (χ3n) is 4.87. The van der Waals surface area contributed by atoms with Crippen molar-refractivity contribution in [2.75, 3.05) is 19.6 Å². The van der Waals surface area contributed by atoms with Gasteiger partial charge in [0.1, 0.15) is 12.4 Å². The Labute approximate surface area is 182 Å². The van der Waals surface area contributed by atoms with Gasteiger partial charge in [0.25, 0.3) is 5.91 Å². The van der Waals surface area contributed by atoms with Crippen molar-refractivity contribution in [3.8, 4) is 0 Å². The van der Waals surface area contributed by atoms with Crippen LogP contribution >= 0.6 is 0 Å². The lowest BCUT2D eigenvalue weighted by Crippen LogP contribution is -2.34. The van der Waals surface area contributed by atoms with Gasteiger partial charge in [0.15, 0.2) is 0 Å². The molecule has 0 saturated carbocycles. The monoisotopic (exact) mass is 417 g/mol. The largest absolute Gasteiger partial charge is 0.352 e. The molecule has 31 heavy (non-hydrogen) atoms. The number of benzene rings is 1. The molecular weight excluding hydrogens is 390 g/mol. The Bertz CT molecular complexity index is 1050. The van der Waals surface area contributed by atoms with E-state index in [0.29, 0.717) is 38.0 Å². The highest BCUT2D eigenvalue weighted by Crippen LogP contribution is 2.17. The molecular formula is C24H27N5O2. The summed E-state index contributed by atoms with van der Waals surface area (Å²) in [5, 5.41) is 2.90. The van der Waals surface area contributed by atoms with Gasteiger partial charge < -0.3 is 14.8 Å². The summed E-state index contributed by atoms with van der Waals surface area (Å²) in [5.74, 6) is 0.651. The number of fused-ring (bicyclic) bond motifs is 1. The van der Waals surface area contributed by atoms with Crippen molar-refractivity contribution in [3.63, 3.8) is 0 Å². The van der Waals surface area contributed by atoms with Crippen LogP contribution in [-0.2, 0) is 17.8 Å². The molecule has 0 atom stereocenters. The van der Waals surface area contributed by atoms with E-state index in [-0.39, 0.29) is 18.4 Å². The Kier molecular flexibility index (Phi) is 7.70. The second-order valence-electron chi connectivity index (χ2n) is 7.08. The minimum atomic E-state index is -0.152. The summed E-state index contributed by atoms with van der Waals surface area (Å²) in [6.07, 6.45) is 7.93. The number of hydrogen-bond donors (Lipinski definition) is 1. The lowest BCUT2D eigenvalue weighted by atomic mass is 10.2. The average molecular weight is 418 g/mol. The topological polar surface area (TPSA) is 80.1 Å². The number of imidazole rings is 1. The third-order valence-corrected chi connectivity index (χ3v) is 4.87. The van der Waals surface area contributed by atoms with Crippen molar-refractivity contribution in [1.29, 1.82) is 0 Å². The molecule has 0 aliphatic carbocycles. The number of para-hydroxylation sites is 2. The molecule has 0 aliphatic heterocycles. The van der Waals surface area contributed by atoms with Crippen molar-refractivity contribution in [2.24, 2.45) is 0 Å². The molecule has 2 amide bonds. The predicted molar refractivity (Wildman–Crippen MR) is 122 cm³/mol. The first-order valence-corrected chi connectivity index (χ1v) is 10.3. The molecule has 0 aliphatic rings. The summed E-state index contributed by atoms with van der Waals surface area (Å²) in [5.41, 5.74) is 2.30. The fourth-order valence-electron chi connectivity index (χ4n) is 3.37. The number of hydrogen-bond acceptors (Lipinski definition) is 4. The predicted octanol–water partition coefficient (Wildman–Crippen LogP) is 2.99. The summed E-state index contributed by atoms with van der Waals surface area (Å²) < 4.78 is 1.96. The van der Waals surface area contributed by atoms with Gasteiger partial charge >= 0.3 is 0 Å². The summed E-state index contributed by atoms with van der Waals surface area (Å²) in [6.45, 7) is 9.09. The molecule has 0 radical (unpaired) electrons. The Balaban J connectivity index is 1.68. The second kappa shape index (κ2) is 10.9. The molecule has 7 heteroatoms. The molecule has 0 saturated heterocycles. The van der Waals surface area contributed by atoms with E-state index in [9.17, 15) is 9.59 Å². The fourth-order valence-corrected chi connectivity index (χ4v) is 3.37. The van der Waals surface area contributed by atoms with Gasteiger partial charge in [-0.1, -0.05) is 24.3 Å². The number of nitrogens with zero attached hydrogens (tertiary/aromatic N) is 4. The summed E-state index contributed by atoms with van der Waals surface area (Å²) in [4.78, 5) is 35.4. The Hall–Kier alpha value is -3.74. The number of carbonyl (C=O) groups is 2. The molecule has 2 aromatic heterocycles. The second-order valence-corrected chi connectivity index (χ2v) is 7.08. The van der Waals surface area contributed by atoms with Crippen molar-refractivity contribution in [3.05, 3.63) is 85.5 Å². The van der Waals surface area contributed by atoms with E-state index < -0.39 is 0 Å². The van der Waals surface area contributed by atoms with Gasteiger partial charge in [0.05, 0.1) is 16.6 Å². The first-order valence-electron chi connectivity index (χ1n) is 10.3. The first kappa shape index (κ1) is 22.0. The van der Waals surface area contributed by atoms with E-state index in [1.807, 2.05) is 28.8 Å². The highest BCUT2D eigenvalue weighted by atomic mass is 16.2. The lowest BCUT2D eigenvalue weighted by molar-refractivity contribution is -0.130. The van der Waals surface area contributed by atoms with E-state index in [4.69, 9.17) is 4.98 Å².